The summed E-state index contributed by atoms with van der Waals surface area (Å²) in [5.41, 5.74) is 5.98. The molecule has 4 nitrogen and oxygen atoms in total. The van der Waals surface area contributed by atoms with E-state index in [2.05, 4.69) is 58.6 Å². The van der Waals surface area contributed by atoms with Gasteiger partial charge in [-0.25, -0.2) is 0 Å². The SMILES string of the molecule is CN1CCN(c2ccccc2NC(=O)c2cc3c(s2)-c2ccccc2CC3)CC1. The number of para-hydroxylation sites is 2. The van der Waals surface area contributed by atoms with Crippen LogP contribution in [0, 0.1) is 0 Å². The summed E-state index contributed by atoms with van der Waals surface area (Å²) in [6.07, 6.45) is 2.06. The highest BCUT2D eigenvalue weighted by molar-refractivity contribution is 7.17. The molecule has 2 aliphatic rings. The van der Waals surface area contributed by atoms with Crippen molar-refractivity contribution in [3.05, 3.63) is 70.6 Å². The lowest BCUT2D eigenvalue weighted by molar-refractivity contribution is 0.103. The second-order valence-electron chi connectivity index (χ2n) is 7.88. The van der Waals surface area contributed by atoms with Crippen LogP contribution >= 0.6 is 11.3 Å². The van der Waals surface area contributed by atoms with Crippen molar-refractivity contribution in [3.8, 4) is 10.4 Å². The van der Waals surface area contributed by atoms with E-state index in [4.69, 9.17) is 0 Å². The van der Waals surface area contributed by atoms with Crippen molar-refractivity contribution < 1.29 is 4.79 Å². The first-order chi connectivity index (χ1) is 14.2. The summed E-state index contributed by atoms with van der Waals surface area (Å²) < 4.78 is 0. The van der Waals surface area contributed by atoms with Crippen LogP contribution < -0.4 is 10.2 Å². The smallest absolute Gasteiger partial charge is 0.265 e. The number of rotatable bonds is 3. The Morgan fingerprint density at radius 1 is 0.931 bits per heavy atom. The highest BCUT2D eigenvalue weighted by Gasteiger charge is 2.23. The lowest BCUT2D eigenvalue weighted by Crippen LogP contribution is -2.44. The van der Waals surface area contributed by atoms with E-state index in [0.29, 0.717) is 0 Å². The van der Waals surface area contributed by atoms with Crippen molar-refractivity contribution in [3.63, 3.8) is 0 Å². The van der Waals surface area contributed by atoms with Gasteiger partial charge in [-0.3, -0.25) is 4.79 Å². The molecule has 1 N–H and O–H groups in total. The van der Waals surface area contributed by atoms with E-state index < -0.39 is 0 Å². The van der Waals surface area contributed by atoms with E-state index in [1.165, 1.54) is 21.6 Å². The minimum Gasteiger partial charge on any atom is -0.367 e. The number of nitrogens with one attached hydrogen (secondary N) is 1. The molecular weight excluding hydrogens is 378 g/mol. The van der Waals surface area contributed by atoms with Crippen molar-refractivity contribution in [1.29, 1.82) is 0 Å². The molecule has 0 radical (unpaired) electrons. The van der Waals surface area contributed by atoms with Gasteiger partial charge in [0.25, 0.3) is 5.91 Å². The molecular formula is C24H25N3OS. The molecule has 0 atom stereocenters. The molecule has 1 aliphatic heterocycles. The van der Waals surface area contributed by atoms with Gasteiger partial charge in [0.15, 0.2) is 0 Å². The largest absolute Gasteiger partial charge is 0.367 e. The quantitative estimate of drug-likeness (QED) is 0.699. The molecule has 1 aromatic heterocycles. The Balaban J connectivity index is 1.39. The maximum atomic E-state index is 13.1. The zero-order valence-corrected chi connectivity index (χ0v) is 17.5. The van der Waals surface area contributed by atoms with Crippen LogP contribution in [0.4, 0.5) is 11.4 Å². The van der Waals surface area contributed by atoms with Crippen LogP contribution in [0.5, 0.6) is 0 Å². The molecule has 1 fully saturated rings. The van der Waals surface area contributed by atoms with Crippen LogP contribution in [0.15, 0.2) is 54.6 Å². The first kappa shape index (κ1) is 18.4. The van der Waals surface area contributed by atoms with Crippen molar-refractivity contribution in [2.75, 3.05) is 43.4 Å². The van der Waals surface area contributed by atoms with Crippen LogP contribution in [0.25, 0.3) is 10.4 Å². The third-order valence-corrected chi connectivity index (χ3v) is 7.16. The fourth-order valence-corrected chi connectivity index (χ4v) is 5.44. The average molecular weight is 404 g/mol. The second-order valence-corrected chi connectivity index (χ2v) is 8.94. The van der Waals surface area contributed by atoms with Crippen molar-refractivity contribution >= 4 is 28.6 Å². The summed E-state index contributed by atoms with van der Waals surface area (Å²) in [6.45, 7) is 4.04. The summed E-state index contributed by atoms with van der Waals surface area (Å²) >= 11 is 1.61. The molecule has 0 unspecified atom stereocenters. The molecule has 0 spiro atoms. The van der Waals surface area contributed by atoms with Gasteiger partial charge in [0, 0.05) is 31.1 Å². The number of anilines is 2. The standard InChI is InChI=1S/C24H25N3OS/c1-26-12-14-27(15-13-26)21-9-5-4-8-20(21)25-24(28)22-16-18-11-10-17-6-2-3-7-19(17)23(18)29-22/h2-9,16H,10-15H2,1H3,(H,25,28). The van der Waals surface area contributed by atoms with E-state index in [0.717, 1.165) is 55.3 Å². The first-order valence-corrected chi connectivity index (χ1v) is 11.1. The number of piperazine rings is 1. The minimum absolute atomic E-state index is 0.0107. The Morgan fingerprint density at radius 2 is 1.66 bits per heavy atom. The van der Waals surface area contributed by atoms with Gasteiger partial charge in [-0.1, -0.05) is 36.4 Å². The maximum absolute atomic E-state index is 13.1. The molecule has 2 heterocycles. The molecule has 2 aromatic carbocycles. The summed E-state index contributed by atoms with van der Waals surface area (Å²) in [7, 11) is 2.15. The molecule has 5 rings (SSSR count). The highest BCUT2D eigenvalue weighted by atomic mass is 32.1. The Labute approximate surface area is 175 Å². The third-order valence-electron chi connectivity index (χ3n) is 5.95. The van der Waals surface area contributed by atoms with E-state index in [1.54, 1.807) is 11.3 Å². The van der Waals surface area contributed by atoms with Gasteiger partial charge in [-0.2, -0.15) is 0 Å². The van der Waals surface area contributed by atoms with E-state index in [1.807, 2.05) is 18.2 Å². The van der Waals surface area contributed by atoms with Gasteiger partial charge in [-0.15, -0.1) is 11.3 Å². The molecule has 0 saturated carbocycles. The lowest BCUT2D eigenvalue weighted by Gasteiger charge is -2.35. The molecule has 148 valence electrons. The van der Waals surface area contributed by atoms with E-state index in [9.17, 15) is 4.79 Å². The molecule has 1 amide bonds. The first-order valence-electron chi connectivity index (χ1n) is 10.2. The predicted octanol–water partition coefficient (Wildman–Crippen LogP) is 4.52. The third kappa shape index (κ3) is 3.56. The Kier molecular flexibility index (Phi) is 4.86. The molecule has 1 aliphatic carbocycles. The van der Waals surface area contributed by atoms with Gasteiger partial charge < -0.3 is 15.1 Å². The monoisotopic (exact) mass is 403 g/mol. The molecule has 29 heavy (non-hydrogen) atoms. The number of aryl methyl sites for hydroxylation is 2. The lowest BCUT2D eigenvalue weighted by atomic mass is 9.91. The predicted molar refractivity (Wildman–Crippen MR) is 121 cm³/mol. The molecule has 0 bridgehead atoms. The fourth-order valence-electron chi connectivity index (χ4n) is 4.27. The number of benzene rings is 2. The van der Waals surface area contributed by atoms with E-state index >= 15 is 0 Å². The van der Waals surface area contributed by atoms with Crippen LogP contribution in [0.3, 0.4) is 0 Å². The summed E-state index contributed by atoms with van der Waals surface area (Å²) in [5.74, 6) is -0.0107. The number of hydrogen-bond donors (Lipinski definition) is 1. The van der Waals surface area contributed by atoms with Gasteiger partial charge in [0.2, 0.25) is 0 Å². The van der Waals surface area contributed by atoms with Crippen LogP contribution in [-0.2, 0) is 12.8 Å². The number of carbonyl (C=O) groups excluding carboxylic acids is 1. The van der Waals surface area contributed by atoms with Crippen molar-refractivity contribution in [2.45, 2.75) is 12.8 Å². The average Bonchev–Trinajstić information content (AvgIpc) is 3.20. The Hall–Kier alpha value is -2.63. The summed E-state index contributed by atoms with van der Waals surface area (Å²) in [6, 6.07) is 18.8. The zero-order chi connectivity index (χ0) is 19.8. The van der Waals surface area contributed by atoms with Crippen LogP contribution in [0.1, 0.15) is 20.8 Å². The maximum Gasteiger partial charge on any atom is 0.265 e. The Morgan fingerprint density at radius 3 is 2.52 bits per heavy atom. The van der Waals surface area contributed by atoms with E-state index in [-0.39, 0.29) is 5.91 Å². The summed E-state index contributed by atoms with van der Waals surface area (Å²) in [4.78, 5) is 19.9. The van der Waals surface area contributed by atoms with Gasteiger partial charge >= 0.3 is 0 Å². The number of thiophene rings is 1. The highest BCUT2D eigenvalue weighted by Crippen LogP contribution is 2.40. The molecule has 1 saturated heterocycles. The summed E-state index contributed by atoms with van der Waals surface area (Å²) in [5, 5.41) is 3.18. The normalized spacial score (nSPS) is 16.2. The number of hydrogen-bond acceptors (Lipinski definition) is 4. The number of fused-ring (bicyclic) bond motifs is 3. The number of nitrogens with zero attached hydrogens (tertiary/aromatic N) is 2. The van der Waals surface area contributed by atoms with Crippen molar-refractivity contribution in [2.24, 2.45) is 0 Å². The zero-order valence-electron chi connectivity index (χ0n) is 16.6. The van der Waals surface area contributed by atoms with Crippen molar-refractivity contribution in [1.82, 2.24) is 4.90 Å². The van der Waals surface area contributed by atoms with Gasteiger partial charge in [-0.05, 0) is 54.8 Å². The number of likely N-dealkylation sites (N-methyl/N-ethyl adjacent to an activating group) is 1. The van der Waals surface area contributed by atoms with Gasteiger partial charge in [0.1, 0.15) is 0 Å². The second kappa shape index (κ2) is 7.65. The minimum atomic E-state index is -0.0107. The molecule has 5 heteroatoms. The Bertz CT molecular complexity index is 1050. The number of carbonyl (C=O) groups is 1. The van der Waals surface area contributed by atoms with Gasteiger partial charge in [0.05, 0.1) is 16.3 Å². The fraction of sp³-hybridized carbons (Fsp3) is 0.292. The topological polar surface area (TPSA) is 35.6 Å². The number of amides is 1. The molecule has 3 aromatic rings. The van der Waals surface area contributed by atoms with Crippen LogP contribution in [0.2, 0.25) is 0 Å². The van der Waals surface area contributed by atoms with Crippen LogP contribution in [-0.4, -0.2) is 44.0 Å².